The van der Waals surface area contributed by atoms with Crippen molar-refractivity contribution < 1.29 is 28.6 Å². The Morgan fingerprint density at radius 1 is 1.04 bits per heavy atom. The number of ketones is 1. The molecule has 0 amide bonds. The number of ether oxygens (including phenoxy) is 3. The van der Waals surface area contributed by atoms with Crippen LogP contribution in [-0.2, 0) is 9.53 Å². The third kappa shape index (κ3) is 3.96. The molecule has 0 saturated carbocycles. The van der Waals surface area contributed by atoms with Crippen LogP contribution in [0.25, 0.3) is 6.08 Å². The lowest BCUT2D eigenvalue weighted by atomic mass is 9.97. The first-order valence-electron chi connectivity index (χ1n) is 8.68. The highest BCUT2D eigenvalue weighted by atomic mass is 16.5. The van der Waals surface area contributed by atoms with Gasteiger partial charge in [-0.3, -0.25) is 9.59 Å². The Morgan fingerprint density at radius 3 is 2.32 bits per heavy atom. The van der Waals surface area contributed by atoms with Crippen molar-refractivity contribution in [2.45, 2.75) is 20.8 Å². The van der Waals surface area contributed by atoms with Crippen molar-refractivity contribution in [2.75, 3.05) is 7.11 Å². The van der Waals surface area contributed by atoms with E-state index in [0.717, 1.165) is 0 Å². The van der Waals surface area contributed by atoms with E-state index in [1.807, 2.05) is 0 Å². The minimum absolute atomic E-state index is 0.153. The van der Waals surface area contributed by atoms with Gasteiger partial charge in [0.15, 0.2) is 5.76 Å². The van der Waals surface area contributed by atoms with Crippen molar-refractivity contribution in [3.8, 4) is 11.5 Å². The predicted molar refractivity (Wildman–Crippen MR) is 102 cm³/mol. The second-order valence-corrected chi connectivity index (χ2v) is 7.35. The third-order valence-electron chi connectivity index (χ3n) is 4.09. The van der Waals surface area contributed by atoms with Gasteiger partial charge in [0.25, 0.3) is 0 Å². The maximum atomic E-state index is 12.5. The van der Waals surface area contributed by atoms with E-state index >= 15 is 0 Å². The summed E-state index contributed by atoms with van der Waals surface area (Å²) in [7, 11) is 1.31. The summed E-state index contributed by atoms with van der Waals surface area (Å²) < 4.78 is 15.7. The van der Waals surface area contributed by atoms with Crippen molar-refractivity contribution in [2.24, 2.45) is 5.41 Å². The summed E-state index contributed by atoms with van der Waals surface area (Å²) in [5.41, 5.74) is 0.866. The van der Waals surface area contributed by atoms with E-state index in [1.165, 1.54) is 13.2 Å². The molecule has 1 aliphatic rings. The lowest BCUT2D eigenvalue weighted by molar-refractivity contribution is -0.143. The molecule has 0 saturated heterocycles. The average molecular weight is 380 g/mol. The molecule has 1 heterocycles. The van der Waals surface area contributed by atoms with Gasteiger partial charge in [0, 0.05) is 6.07 Å². The van der Waals surface area contributed by atoms with Gasteiger partial charge in [0.1, 0.15) is 11.5 Å². The molecule has 2 aromatic carbocycles. The summed E-state index contributed by atoms with van der Waals surface area (Å²) in [6.45, 7) is 5.28. The molecule has 0 unspecified atom stereocenters. The van der Waals surface area contributed by atoms with E-state index in [2.05, 4.69) is 4.74 Å². The van der Waals surface area contributed by atoms with Crippen LogP contribution in [-0.4, -0.2) is 24.8 Å². The maximum absolute atomic E-state index is 12.5. The summed E-state index contributed by atoms with van der Waals surface area (Å²) in [4.78, 5) is 36.1. The number of esters is 2. The van der Waals surface area contributed by atoms with E-state index in [0.29, 0.717) is 28.2 Å². The summed E-state index contributed by atoms with van der Waals surface area (Å²) >= 11 is 0. The van der Waals surface area contributed by atoms with Gasteiger partial charge < -0.3 is 14.2 Å². The van der Waals surface area contributed by atoms with Crippen LogP contribution in [0.2, 0.25) is 0 Å². The van der Waals surface area contributed by atoms with Gasteiger partial charge in [-0.2, -0.15) is 0 Å². The fourth-order valence-electron chi connectivity index (χ4n) is 2.48. The molecule has 6 heteroatoms. The van der Waals surface area contributed by atoms with E-state index in [9.17, 15) is 14.4 Å². The molecule has 2 aromatic rings. The van der Waals surface area contributed by atoms with Crippen LogP contribution >= 0.6 is 0 Å². The second-order valence-electron chi connectivity index (χ2n) is 7.35. The number of rotatable bonds is 3. The monoisotopic (exact) mass is 380 g/mol. The molecule has 1 aliphatic heterocycles. The van der Waals surface area contributed by atoms with Crippen LogP contribution in [0.4, 0.5) is 0 Å². The molecule has 0 aromatic heterocycles. The summed E-state index contributed by atoms with van der Waals surface area (Å²) in [6.07, 6.45) is 1.59. The molecule has 0 radical (unpaired) electrons. The number of methoxy groups -OCH3 is 1. The quantitative estimate of drug-likeness (QED) is 0.454. The SMILES string of the molecule is COC(=O)c1ccc(C=C2Oc3cc(OC(=O)C(C)(C)C)ccc3C2=O)cc1. The number of benzene rings is 2. The number of carbonyl (C=O) groups excluding carboxylic acids is 3. The average Bonchev–Trinajstić information content (AvgIpc) is 2.96. The number of hydrogen-bond donors (Lipinski definition) is 0. The molecule has 6 nitrogen and oxygen atoms in total. The Kier molecular flexibility index (Phi) is 5.05. The Labute approximate surface area is 162 Å². The molecular formula is C22H20O6. The Balaban J connectivity index is 1.80. The topological polar surface area (TPSA) is 78.9 Å². The van der Waals surface area contributed by atoms with Crippen molar-refractivity contribution in [1.29, 1.82) is 0 Å². The molecule has 0 atom stereocenters. The van der Waals surface area contributed by atoms with Gasteiger partial charge in [-0.25, -0.2) is 4.79 Å². The van der Waals surface area contributed by atoms with Crippen LogP contribution in [0, 0.1) is 5.41 Å². The molecule has 144 valence electrons. The van der Waals surface area contributed by atoms with Crippen LogP contribution < -0.4 is 9.47 Å². The zero-order valence-electron chi connectivity index (χ0n) is 16.1. The molecular weight excluding hydrogens is 360 g/mol. The Bertz CT molecular complexity index is 977. The molecule has 0 fully saturated rings. The Hall–Kier alpha value is -3.41. The maximum Gasteiger partial charge on any atom is 0.337 e. The lowest BCUT2D eigenvalue weighted by Gasteiger charge is -2.16. The molecule has 0 bridgehead atoms. The van der Waals surface area contributed by atoms with Crippen LogP contribution in [0.3, 0.4) is 0 Å². The Morgan fingerprint density at radius 2 is 1.71 bits per heavy atom. The van der Waals surface area contributed by atoms with Crippen molar-refractivity contribution in [1.82, 2.24) is 0 Å². The van der Waals surface area contributed by atoms with Crippen molar-refractivity contribution in [3.05, 3.63) is 64.9 Å². The predicted octanol–water partition coefficient (Wildman–Crippen LogP) is 4.04. The number of Topliss-reactive ketones (excluding diaryl/α,β-unsaturated/α-hetero) is 1. The summed E-state index contributed by atoms with van der Waals surface area (Å²) in [5.74, 6) is -0.270. The van der Waals surface area contributed by atoms with Gasteiger partial charge in [0.2, 0.25) is 5.78 Å². The highest BCUT2D eigenvalue weighted by molar-refractivity contribution is 6.14. The zero-order chi connectivity index (χ0) is 20.5. The molecule has 0 N–H and O–H groups in total. The molecule has 28 heavy (non-hydrogen) atoms. The number of fused-ring (bicyclic) bond motifs is 1. The van der Waals surface area contributed by atoms with Gasteiger partial charge >= 0.3 is 11.9 Å². The third-order valence-corrected chi connectivity index (χ3v) is 4.09. The van der Waals surface area contributed by atoms with Gasteiger partial charge in [-0.05, 0) is 56.7 Å². The molecule has 0 aliphatic carbocycles. The first-order valence-corrected chi connectivity index (χ1v) is 8.68. The van der Waals surface area contributed by atoms with Gasteiger partial charge in [-0.15, -0.1) is 0 Å². The smallest absolute Gasteiger partial charge is 0.337 e. The largest absolute Gasteiger partial charge is 0.465 e. The fourth-order valence-corrected chi connectivity index (χ4v) is 2.48. The van der Waals surface area contributed by atoms with Gasteiger partial charge in [0.05, 0.1) is 23.7 Å². The summed E-state index contributed by atoms with van der Waals surface area (Å²) in [6, 6.07) is 11.3. The highest BCUT2D eigenvalue weighted by Crippen LogP contribution is 2.35. The lowest BCUT2D eigenvalue weighted by Crippen LogP contribution is -2.25. The van der Waals surface area contributed by atoms with E-state index in [-0.39, 0.29) is 17.5 Å². The van der Waals surface area contributed by atoms with Gasteiger partial charge in [-0.1, -0.05) is 12.1 Å². The number of carbonyl (C=O) groups is 3. The minimum atomic E-state index is -0.642. The molecule has 3 rings (SSSR count). The van der Waals surface area contributed by atoms with Crippen molar-refractivity contribution in [3.63, 3.8) is 0 Å². The van der Waals surface area contributed by atoms with E-state index < -0.39 is 11.4 Å². The van der Waals surface area contributed by atoms with Crippen molar-refractivity contribution >= 4 is 23.8 Å². The van der Waals surface area contributed by atoms with Crippen LogP contribution in [0.5, 0.6) is 11.5 Å². The number of hydrogen-bond acceptors (Lipinski definition) is 6. The fraction of sp³-hybridized carbons (Fsp3) is 0.227. The number of allylic oxidation sites excluding steroid dienone is 1. The standard InChI is InChI=1S/C22H20O6/c1-22(2,3)21(25)27-15-9-10-16-17(12-15)28-18(19(16)23)11-13-5-7-14(8-6-13)20(24)26-4/h5-12H,1-4H3. The first-order chi connectivity index (χ1) is 13.2. The van der Waals surface area contributed by atoms with E-state index in [4.69, 9.17) is 9.47 Å². The zero-order valence-corrected chi connectivity index (χ0v) is 16.1. The molecule has 0 spiro atoms. The van der Waals surface area contributed by atoms with Crippen LogP contribution in [0.15, 0.2) is 48.2 Å². The first kappa shape index (κ1) is 19.4. The normalized spacial score (nSPS) is 14.4. The summed E-state index contributed by atoms with van der Waals surface area (Å²) in [5, 5.41) is 0. The van der Waals surface area contributed by atoms with E-state index in [1.54, 1.807) is 63.2 Å². The van der Waals surface area contributed by atoms with Crippen LogP contribution in [0.1, 0.15) is 47.1 Å². The highest BCUT2D eigenvalue weighted by Gasteiger charge is 2.29. The minimum Gasteiger partial charge on any atom is -0.465 e. The second kappa shape index (κ2) is 7.31.